The minimum Gasteiger partial charge on any atom is -0.383 e. The van der Waals surface area contributed by atoms with Crippen LogP contribution in [-0.4, -0.2) is 19.7 Å². The van der Waals surface area contributed by atoms with Crippen molar-refractivity contribution < 1.29 is 0 Å². The van der Waals surface area contributed by atoms with Crippen LogP contribution in [0.25, 0.3) is 17.2 Å². The SMILES string of the molecule is Cc1ccccc1-c1cc(N)n(-c2ncccn2)n1. The Labute approximate surface area is 110 Å². The summed E-state index contributed by atoms with van der Waals surface area (Å²) >= 11 is 0. The van der Waals surface area contributed by atoms with Crippen molar-refractivity contribution in [2.24, 2.45) is 0 Å². The first kappa shape index (κ1) is 11.4. The van der Waals surface area contributed by atoms with E-state index in [1.807, 2.05) is 37.3 Å². The third-order valence-electron chi connectivity index (χ3n) is 2.90. The molecule has 0 fully saturated rings. The average molecular weight is 251 g/mol. The third-order valence-corrected chi connectivity index (χ3v) is 2.90. The van der Waals surface area contributed by atoms with Crippen LogP contribution in [-0.2, 0) is 0 Å². The zero-order valence-corrected chi connectivity index (χ0v) is 10.5. The average Bonchev–Trinajstić information content (AvgIpc) is 2.82. The van der Waals surface area contributed by atoms with Crippen LogP contribution >= 0.6 is 0 Å². The van der Waals surface area contributed by atoms with E-state index in [0.29, 0.717) is 11.8 Å². The van der Waals surface area contributed by atoms with Gasteiger partial charge in [-0.15, -0.1) is 0 Å². The number of hydrogen-bond donors (Lipinski definition) is 1. The first-order chi connectivity index (χ1) is 9.25. The molecule has 19 heavy (non-hydrogen) atoms. The quantitative estimate of drug-likeness (QED) is 0.758. The standard InChI is InChI=1S/C14H13N5/c1-10-5-2-3-6-11(10)12-9-13(15)19(18-12)14-16-7-4-8-17-14/h2-9H,15H2,1H3. The van der Waals surface area contributed by atoms with E-state index in [2.05, 4.69) is 15.1 Å². The molecule has 94 valence electrons. The van der Waals surface area contributed by atoms with E-state index in [1.165, 1.54) is 0 Å². The van der Waals surface area contributed by atoms with Crippen molar-refractivity contribution in [2.75, 3.05) is 5.73 Å². The van der Waals surface area contributed by atoms with Crippen LogP contribution in [0.2, 0.25) is 0 Å². The molecular weight excluding hydrogens is 238 g/mol. The molecule has 0 aliphatic rings. The zero-order chi connectivity index (χ0) is 13.2. The number of aromatic nitrogens is 4. The van der Waals surface area contributed by atoms with E-state index in [-0.39, 0.29) is 0 Å². The van der Waals surface area contributed by atoms with Crippen LogP contribution in [0.15, 0.2) is 48.8 Å². The van der Waals surface area contributed by atoms with Crippen LogP contribution < -0.4 is 5.73 Å². The fraction of sp³-hybridized carbons (Fsp3) is 0.0714. The van der Waals surface area contributed by atoms with Gasteiger partial charge in [0.2, 0.25) is 0 Å². The van der Waals surface area contributed by atoms with Gasteiger partial charge in [-0.3, -0.25) is 0 Å². The lowest BCUT2D eigenvalue weighted by atomic mass is 10.1. The van der Waals surface area contributed by atoms with E-state index in [9.17, 15) is 0 Å². The molecule has 2 heterocycles. The van der Waals surface area contributed by atoms with E-state index in [0.717, 1.165) is 16.8 Å². The lowest BCUT2D eigenvalue weighted by Gasteiger charge is -2.01. The van der Waals surface area contributed by atoms with E-state index in [4.69, 9.17) is 5.73 Å². The van der Waals surface area contributed by atoms with Gasteiger partial charge in [0.25, 0.3) is 5.95 Å². The molecule has 0 unspecified atom stereocenters. The summed E-state index contributed by atoms with van der Waals surface area (Å²) in [7, 11) is 0. The van der Waals surface area contributed by atoms with E-state index in [1.54, 1.807) is 23.1 Å². The van der Waals surface area contributed by atoms with Gasteiger partial charge in [-0.2, -0.15) is 9.78 Å². The lowest BCUT2D eigenvalue weighted by Crippen LogP contribution is -2.05. The van der Waals surface area contributed by atoms with Crippen LogP contribution in [0.1, 0.15) is 5.56 Å². The molecule has 1 aromatic carbocycles. The third kappa shape index (κ3) is 2.06. The molecule has 3 aromatic rings. The van der Waals surface area contributed by atoms with Gasteiger partial charge in [-0.25, -0.2) is 9.97 Å². The van der Waals surface area contributed by atoms with Gasteiger partial charge in [0.15, 0.2) is 0 Å². The second-order valence-corrected chi connectivity index (χ2v) is 4.23. The fourth-order valence-electron chi connectivity index (χ4n) is 1.95. The van der Waals surface area contributed by atoms with E-state index >= 15 is 0 Å². The van der Waals surface area contributed by atoms with Crippen molar-refractivity contribution >= 4 is 5.82 Å². The highest BCUT2D eigenvalue weighted by Gasteiger charge is 2.11. The van der Waals surface area contributed by atoms with Crippen molar-refractivity contribution in [1.29, 1.82) is 0 Å². The first-order valence-electron chi connectivity index (χ1n) is 5.94. The molecule has 0 saturated heterocycles. The Morgan fingerprint density at radius 2 is 1.79 bits per heavy atom. The summed E-state index contributed by atoms with van der Waals surface area (Å²) in [4.78, 5) is 8.30. The molecule has 0 radical (unpaired) electrons. The number of benzene rings is 1. The summed E-state index contributed by atoms with van der Waals surface area (Å²) in [5.41, 5.74) is 9.02. The second kappa shape index (κ2) is 4.53. The predicted molar refractivity (Wildman–Crippen MR) is 73.7 cm³/mol. The number of anilines is 1. The summed E-state index contributed by atoms with van der Waals surface area (Å²) in [5, 5.41) is 4.48. The molecule has 0 spiro atoms. The minimum atomic E-state index is 0.472. The van der Waals surface area contributed by atoms with Crippen molar-refractivity contribution in [3.8, 4) is 17.2 Å². The lowest BCUT2D eigenvalue weighted by molar-refractivity contribution is 0.820. The molecule has 0 aliphatic heterocycles. The molecule has 5 heteroatoms. The number of nitrogens with zero attached hydrogens (tertiary/aromatic N) is 4. The maximum absolute atomic E-state index is 5.98. The Bertz CT molecular complexity index is 703. The molecular formula is C14H13N5. The number of rotatable bonds is 2. The number of nitrogens with two attached hydrogens (primary N) is 1. The minimum absolute atomic E-state index is 0.472. The van der Waals surface area contributed by atoms with Crippen LogP contribution in [0.3, 0.4) is 0 Å². The number of hydrogen-bond acceptors (Lipinski definition) is 4. The fourth-order valence-corrected chi connectivity index (χ4v) is 1.95. The highest BCUT2D eigenvalue weighted by Crippen LogP contribution is 2.24. The normalized spacial score (nSPS) is 10.6. The summed E-state index contributed by atoms with van der Waals surface area (Å²) in [5.74, 6) is 0.990. The predicted octanol–water partition coefficient (Wildman–Crippen LogP) is 2.22. The van der Waals surface area contributed by atoms with Gasteiger partial charge in [0.1, 0.15) is 5.82 Å². The Balaban J connectivity index is 2.10. The van der Waals surface area contributed by atoms with Gasteiger partial charge in [-0.05, 0) is 18.6 Å². The Hall–Kier alpha value is -2.69. The van der Waals surface area contributed by atoms with Crippen molar-refractivity contribution in [1.82, 2.24) is 19.7 Å². The second-order valence-electron chi connectivity index (χ2n) is 4.23. The maximum Gasteiger partial charge on any atom is 0.252 e. The summed E-state index contributed by atoms with van der Waals surface area (Å²) in [6.07, 6.45) is 3.33. The highest BCUT2D eigenvalue weighted by molar-refractivity contribution is 5.66. The van der Waals surface area contributed by atoms with Crippen molar-refractivity contribution in [2.45, 2.75) is 6.92 Å². The van der Waals surface area contributed by atoms with Crippen LogP contribution in [0, 0.1) is 6.92 Å². The summed E-state index contributed by atoms with van der Waals surface area (Å²) in [6.45, 7) is 2.05. The largest absolute Gasteiger partial charge is 0.383 e. The van der Waals surface area contributed by atoms with Crippen LogP contribution in [0.4, 0.5) is 5.82 Å². The zero-order valence-electron chi connectivity index (χ0n) is 10.5. The van der Waals surface area contributed by atoms with Crippen LogP contribution in [0.5, 0.6) is 0 Å². The Morgan fingerprint density at radius 3 is 2.53 bits per heavy atom. The van der Waals surface area contributed by atoms with Gasteiger partial charge in [-0.1, -0.05) is 24.3 Å². The van der Waals surface area contributed by atoms with Crippen molar-refractivity contribution in [3.05, 3.63) is 54.4 Å². The number of nitrogen functional groups attached to an aromatic ring is 1. The Kier molecular flexibility index (Phi) is 2.72. The molecule has 0 aliphatic carbocycles. The highest BCUT2D eigenvalue weighted by atomic mass is 15.4. The topological polar surface area (TPSA) is 69.6 Å². The maximum atomic E-state index is 5.98. The molecule has 2 aromatic heterocycles. The van der Waals surface area contributed by atoms with Crippen molar-refractivity contribution in [3.63, 3.8) is 0 Å². The smallest absolute Gasteiger partial charge is 0.252 e. The molecule has 2 N–H and O–H groups in total. The van der Waals surface area contributed by atoms with Gasteiger partial charge in [0, 0.05) is 24.0 Å². The monoisotopic (exact) mass is 251 g/mol. The molecule has 0 amide bonds. The summed E-state index contributed by atoms with van der Waals surface area (Å²) in [6, 6.07) is 11.6. The molecule has 0 saturated carbocycles. The molecule has 5 nitrogen and oxygen atoms in total. The molecule has 0 atom stereocenters. The number of aryl methyl sites for hydroxylation is 1. The molecule has 3 rings (SSSR count). The van der Waals surface area contributed by atoms with Gasteiger partial charge >= 0.3 is 0 Å². The van der Waals surface area contributed by atoms with Gasteiger partial charge < -0.3 is 5.73 Å². The van der Waals surface area contributed by atoms with E-state index < -0.39 is 0 Å². The molecule has 0 bridgehead atoms. The first-order valence-corrected chi connectivity index (χ1v) is 5.94. The van der Waals surface area contributed by atoms with Gasteiger partial charge in [0.05, 0.1) is 5.69 Å². The Morgan fingerprint density at radius 1 is 1.05 bits per heavy atom. The summed E-state index contributed by atoms with van der Waals surface area (Å²) < 4.78 is 1.54.